The fourth-order valence-electron chi connectivity index (χ4n) is 3.41. The molecule has 0 fully saturated rings. The van der Waals surface area contributed by atoms with Crippen LogP contribution >= 0.6 is 0 Å². The summed E-state index contributed by atoms with van der Waals surface area (Å²) in [4.78, 5) is 36.5. The number of nitrogens with zero attached hydrogens (tertiary/aromatic N) is 1. The number of anilines is 1. The Morgan fingerprint density at radius 2 is 1.75 bits per heavy atom. The minimum absolute atomic E-state index is 0.00311. The van der Waals surface area contributed by atoms with Crippen LogP contribution in [0.4, 0.5) is 5.69 Å². The summed E-state index contributed by atoms with van der Waals surface area (Å²) in [6.07, 6.45) is 0.514. The molecule has 0 bridgehead atoms. The summed E-state index contributed by atoms with van der Waals surface area (Å²) in [5, 5.41) is 2.48. The third-order valence-electron chi connectivity index (χ3n) is 5.48. The van der Waals surface area contributed by atoms with Crippen LogP contribution in [-0.2, 0) is 26.0 Å². The van der Waals surface area contributed by atoms with Crippen molar-refractivity contribution in [3.8, 4) is 0 Å². The molecule has 0 saturated carbocycles. The maximum Gasteiger partial charge on any atom is 0.325 e. The van der Waals surface area contributed by atoms with Gasteiger partial charge in [-0.15, -0.1) is 0 Å². The van der Waals surface area contributed by atoms with E-state index >= 15 is 0 Å². The first kappa shape index (κ1) is 23.5. The molecule has 32 heavy (non-hydrogen) atoms. The zero-order chi connectivity index (χ0) is 23.5. The van der Waals surface area contributed by atoms with Gasteiger partial charge in [0.2, 0.25) is 10.0 Å². The van der Waals surface area contributed by atoms with Gasteiger partial charge in [0.25, 0.3) is 5.91 Å². The van der Waals surface area contributed by atoms with Crippen LogP contribution in [0.1, 0.15) is 44.3 Å². The number of carbonyl (C=O) groups is 3. The van der Waals surface area contributed by atoms with Crippen molar-refractivity contribution in [3.63, 3.8) is 0 Å². The highest BCUT2D eigenvalue weighted by Gasteiger charge is 2.28. The van der Waals surface area contributed by atoms with E-state index < -0.39 is 34.3 Å². The van der Waals surface area contributed by atoms with Crippen LogP contribution in [0.15, 0.2) is 36.4 Å². The van der Waals surface area contributed by atoms with Crippen LogP contribution in [0.25, 0.3) is 0 Å². The van der Waals surface area contributed by atoms with Gasteiger partial charge in [-0.3, -0.25) is 18.7 Å². The molecule has 0 radical (unpaired) electrons. The molecule has 0 aromatic heterocycles. The van der Waals surface area contributed by atoms with Gasteiger partial charge in [0, 0.05) is 17.7 Å². The lowest BCUT2D eigenvalue weighted by Crippen LogP contribution is -2.31. The molecule has 9 heteroatoms. The predicted octanol–water partition coefficient (Wildman–Crippen LogP) is 2.17. The number of ether oxygens (including phenoxy) is 1. The van der Waals surface area contributed by atoms with Gasteiger partial charge in [0.15, 0.2) is 12.4 Å². The van der Waals surface area contributed by atoms with E-state index in [1.807, 2.05) is 19.9 Å². The minimum Gasteiger partial charge on any atom is -0.456 e. The third kappa shape index (κ3) is 5.16. The molecule has 1 amide bonds. The van der Waals surface area contributed by atoms with Crippen molar-refractivity contribution in [1.29, 1.82) is 0 Å². The number of nitrogens with one attached hydrogen (secondary N) is 1. The lowest BCUT2D eigenvalue weighted by atomic mass is 10.1. The van der Waals surface area contributed by atoms with Crippen LogP contribution in [0, 0.1) is 13.8 Å². The molecule has 1 N–H and O–H groups in total. The number of hydrogen-bond acceptors (Lipinski definition) is 6. The van der Waals surface area contributed by atoms with Gasteiger partial charge in [-0.05, 0) is 74.2 Å². The van der Waals surface area contributed by atoms with Crippen LogP contribution in [0.3, 0.4) is 0 Å². The summed E-state index contributed by atoms with van der Waals surface area (Å²) >= 11 is 0. The topological polar surface area (TPSA) is 110 Å². The number of esters is 1. The monoisotopic (exact) mass is 458 g/mol. The number of sulfonamides is 1. The number of rotatable bonds is 8. The van der Waals surface area contributed by atoms with E-state index in [9.17, 15) is 22.8 Å². The fraction of sp³-hybridized carbons (Fsp3) is 0.348. The van der Waals surface area contributed by atoms with Gasteiger partial charge in [0.1, 0.15) is 6.54 Å². The van der Waals surface area contributed by atoms with E-state index in [1.54, 1.807) is 31.2 Å². The second-order valence-electron chi connectivity index (χ2n) is 7.63. The number of fused-ring (bicyclic) bond motifs is 1. The van der Waals surface area contributed by atoms with E-state index in [1.165, 1.54) is 10.4 Å². The Morgan fingerprint density at radius 1 is 1.03 bits per heavy atom. The van der Waals surface area contributed by atoms with Crippen LogP contribution < -0.4 is 9.62 Å². The minimum atomic E-state index is -3.36. The Hall–Kier alpha value is -3.20. The highest BCUT2D eigenvalue weighted by Crippen LogP contribution is 2.31. The standard InChI is InChI=1S/C23H26N2O6S/c1-4-32(29,30)25-10-9-17-12-18(7-8-20(17)25)21(26)14-31-22(27)13-24-23(28)19-6-5-15(2)16(3)11-19/h5-8,11-12H,4,9-10,13-14H2,1-3H3,(H,24,28). The first-order valence-electron chi connectivity index (χ1n) is 10.3. The van der Waals surface area contributed by atoms with Crippen molar-refractivity contribution in [3.05, 3.63) is 64.2 Å². The number of aryl methyl sites for hydroxylation is 2. The molecule has 1 aliphatic rings. The Kier molecular flexibility index (Phi) is 6.98. The van der Waals surface area contributed by atoms with Gasteiger partial charge in [-0.1, -0.05) is 6.07 Å². The number of carbonyl (C=O) groups excluding carboxylic acids is 3. The Labute approximate surface area is 187 Å². The van der Waals surface area contributed by atoms with E-state index in [4.69, 9.17) is 4.74 Å². The van der Waals surface area contributed by atoms with Crippen LogP contribution in [-0.4, -0.2) is 51.5 Å². The second-order valence-corrected chi connectivity index (χ2v) is 9.81. The number of amides is 1. The van der Waals surface area contributed by atoms with E-state index in [0.29, 0.717) is 29.8 Å². The first-order valence-corrected chi connectivity index (χ1v) is 11.9. The van der Waals surface area contributed by atoms with E-state index in [0.717, 1.165) is 16.7 Å². The number of hydrogen-bond donors (Lipinski definition) is 1. The molecule has 0 saturated heterocycles. The zero-order valence-electron chi connectivity index (χ0n) is 18.3. The Balaban J connectivity index is 1.53. The van der Waals surface area contributed by atoms with E-state index in [2.05, 4.69) is 5.32 Å². The summed E-state index contributed by atoms with van der Waals surface area (Å²) in [5.41, 5.74) is 4.15. The lowest BCUT2D eigenvalue weighted by Gasteiger charge is -2.18. The third-order valence-corrected chi connectivity index (χ3v) is 7.26. The summed E-state index contributed by atoms with van der Waals surface area (Å²) < 4.78 is 30.7. The van der Waals surface area contributed by atoms with Crippen molar-refractivity contribution in [2.75, 3.05) is 29.8 Å². The average Bonchev–Trinajstić information content (AvgIpc) is 3.21. The average molecular weight is 459 g/mol. The molecule has 0 aliphatic carbocycles. The fourth-order valence-corrected chi connectivity index (χ4v) is 4.57. The summed E-state index contributed by atoms with van der Waals surface area (Å²) in [6, 6.07) is 10.0. The molecule has 8 nitrogen and oxygen atoms in total. The molecule has 3 rings (SSSR count). The molecule has 1 heterocycles. The highest BCUT2D eigenvalue weighted by atomic mass is 32.2. The number of ketones is 1. The zero-order valence-corrected chi connectivity index (χ0v) is 19.1. The molecular formula is C23H26N2O6S. The summed E-state index contributed by atoms with van der Waals surface area (Å²) in [5.74, 6) is -1.53. The summed E-state index contributed by atoms with van der Waals surface area (Å²) in [7, 11) is -3.36. The SMILES string of the molecule is CCS(=O)(=O)N1CCc2cc(C(=O)COC(=O)CNC(=O)c3ccc(C)c(C)c3)ccc21. The van der Waals surface area contributed by atoms with Gasteiger partial charge in [0.05, 0.1) is 11.4 Å². The molecule has 1 aliphatic heterocycles. The molecule has 0 spiro atoms. The molecule has 170 valence electrons. The van der Waals surface area contributed by atoms with Gasteiger partial charge in [-0.25, -0.2) is 8.42 Å². The normalized spacial score (nSPS) is 12.9. The number of Topliss-reactive ketones (excluding diaryl/α,β-unsaturated/α-hetero) is 1. The molecule has 0 atom stereocenters. The molecule has 2 aromatic carbocycles. The quantitative estimate of drug-likeness (QED) is 0.480. The first-order chi connectivity index (χ1) is 15.1. The predicted molar refractivity (Wildman–Crippen MR) is 120 cm³/mol. The maximum atomic E-state index is 12.4. The van der Waals surface area contributed by atoms with Crippen molar-refractivity contribution in [2.45, 2.75) is 27.2 Å². The van der Waals surface area contributed by atoms with Crippen LogP contribution in [0.2, 0.25) is 0 Å². The summed E-state index contributed by atoms with van der Waals surface area (Å²) in [6.45, 7) is 4.95. The molecule has 2 aromatic rings. The lowest BCUT2D eigenvalue weighted by molar-refractivity contribution is -0.141. The Morgan fingerprint density at radius 3 is 2.44 bits per heavy atom. The van der Waals surface area contributed by atoms with Gasteiger partial charge < -0.3 is 10.1 Å². The van der Waals surface area contributed by atoms with Crippen molar-refractivity contribution >= 4 is 33.4 Å². The maximum absolute atomic E-state index is 12.4. The number of benzene rings is 2. The highest BCUT2D eigenvalue weighted by molar-refractivity contribution is 7.92. The van der Waals surface area contributed by atoms with Crippen molar-refractivity contribution in [1.82, 2.24) is 5.32 Å². The smallest absolute Gasteiger partial charge is 0.325 e. The Bertz CT molecular complexity index is 1170. The van der Waals surface area contributed by atoms with E-state index in [-0.39, 0.29) is 12.3 Å². The van der Waals surface area contributed by atoms with Gasteiger partial charge >= 0.3 is 5.97 Å². The van der Waals surface area contributed by atoms with Gasteiger partial charge in [-0.2, -0.15) is 0 Å². The van der Waals surface area contributed by atoms with Crippen molar-refractivity contribution < 1.29 is 27.5 Å². The second kappa shape index (κ2) is 9.52. The molecule has 0 unspecified atom stereocenters. The van der Waals surface area contributed by atoms with Crippen molar-refractivity contribution in [2.24, 2.45) is 0 Å². The largest absolute Gasteiger partial charge is 0.456 e. The van der Waals surface area contributed by atoms with Crippen LogP contribution in [0.5, 0.6) is 0 Å². The molecular weight excluding hydrogens is 432 g/mol.